The normalized spacial score (nSPS) is 10.8. The van der Waals surface area contributed by atoms with Gasteiger partial charge in [0.2, 0.25) is 15.9 Å². The number of sulfonamides is 1. The maximum Gasteiger partial charge on any atom is 0.274 e. The van der Waals surface area contributed by atoms with Crippen LogP contribution in [0.1, 0.15) is 5.56 Å². The Morgan fingerprint density at radius 3 is 2.62 bits per heavy atom. The molecule has 0 aliphatic carbocycles. The second-order valence-electron chi connectivity index (χ2n) is 6.12. The minimum absolute atomic E-state index is 0.0694. The number of hydrogen-bond donors (Lipinski definition) is 1. The van der Waals surface area contributed by atoms with Crippen molar-refractivity contribution in [1.82, 2.24) is 0 Å². The smallest absolute Gasteiger partial charge is 0.274 e. The highest BCUT2D eigenvalue weighted by atomic mass is 32.2. The summed E-state index contributed by atoms with van der Waals surface area (Å²) < 4.78 is 30.8. The van der Waals surface area contributed by atoms with Crippen molar-refractivity contribution < 1.29 is 22.9 Å². The van der Waals surface area contributed by atoms with Gasteiger partial charge >= 0.3 is 0 Å². The molecule has 9 nitrogen and oxygen atoms in total. The number of nitro groups is 1. The molecule has 10 heteroatoms. The zero-order valence-corrected chi connectivity index (χ0v) is 16.8. The number of anilines is 2. The number of hydrogen-bond acceptors (Lipinski definition) is 6. The van der Waals surface area contributed by atoms with Gasteiger partial charge in [-0.15, -0.1) is 0 Å². The Morgan fingerprint density at radius 1 is 1.31 bits per heavy atom. The molecule has 1 N–H and O–H groups in total. The second kappa shape index (κ2) is 9.20. The fourth-order valence-electron chi connectivity index (χ4n) is 2.61. The molecule has 2 rings (SSSR count). The van der Waals surface area contributed by atoms with Crippen LogP contribution >= 0.6 is 0 Å². The monoisotopic (exact) mass is 419 g/mol. The number of rotatable bonds is 9. The molecule has 0 bridgehead atoms. The molecule has 0 saturated carbocycles. The van der Waals surface area contributed by atoms with Crippen molar-refractivity contribution >= 4 is 33.0 Å². The van der Waals surface area contributed by atoms with Crippen LogP contribution < -0.4 is 14.4 Å². The summed E-state index contributed by atoms with van der Waals surface area (Å²) >= 11 is 0. The number of carbonyl (C=O) groups is 1. The number of nitrogens with one attached hydrogen (secondary N) is 1. The Balaban J connectivity index is 2.26. The van der Waals surface area contributed by atoms with Gasteiger partial charge < -0.3 is 10.1 Å². The minimum Gasteiger partial charge on any atom is -0.489 e. The highest BCUT2D eigenvalue weighted by Gasteiger charge is 2.25. The van der Waals surface area contributed by atoms with Gasteiger partial charge in [-0.25, -0.2) is 8.42 Å². The first-order chi connectivity index (χ1) is 13.6. The van der Waals surface area contributed by atoms with E-state index in [-0.39, 0.29) is 16.9 Å². The van der Waals surface area contributed by atoms with E-state index >= 15 is 0 Å². The van der Waals surface area contributed by atoms with E-state index in [4.69, 9.17) is 4.74 Å². The average molecular weight is 419 g/mol. The summed E-state index contributed by atoms with van der Waals surface area (Å²) in [6.45, 7) is 4.74. The van der Waals surface area contributed by atoms with E-state index in [1.807, 2.05) is 0 Å². The van der Waals surface area contributed by atoms with Crippen molar-refractivity contribution in [3.8, 4) is 5.75 Å². The number of benzene rings is 2. The van der Waals surface area contributed by atoms with Crippen molar-refractivity contribution in [2.24, 2.45) is 0 Å². The predicted octanol–water partition coefficient (Wildman–Crippen LogP) is 2.87. The van der Waals surface area contributed by atoms with Gasteiger partial charge in [0.15, 0.2) is 0 Å². The lowest BCUT2D eigenvalue weighted by Gasteiger charge is -2.23. The third kappa shape index (κ3) is 5.79. The SMILES string of the molecule is C=CCOc1cccc(NC(=O)CN(c2cccc([N+](=O)[O-])c2C)S(C)(=O)=O)c1. The minimum atomic E-state index is -3.88. The molecule has 0 aliphatic rings. The number of nitrogens with zero attached hydrogens (tertiary/aromatic N) is 2. The van der Waals surface area contributed by atoms with Crippen LogP contribution in [-0.2, 0) is 14.8 Å². The fraction of sp³-hybridized carbons (Fsp3) is 0.211. The average Bonchev–Trinajstić information content (AvgIpc) is 2.64. The molecule has 0 saturated heterocycles. The molecular weight excluding hydrogens is 398 g/mol. The Kier molecular flexibility index (Phi) is 6.94. The molecule has 0 heterocycles. The standard InChI is InChI=1S/C19H21N3O6S/c1-4-11-28-16-8-5-7-15(12-16)20-19(23)13-21(29(3,26)27)17-9-6-10-18(14(17)2)22(24)25/h4-10,12H,1,11,13H2,2-3H3,(H,20,23). The van der Waals surface area contributed by atoms with Crippen LogP contribution in [0.2, 0.25) is 0 Å². The van der Waals surface area contributed by atoms with E-state index in [0.717, 1.165) is 10.6 Å². The number of amides is 1. The zero-order valence-electron chi connectivity index (χ0n) is 16.0. The van der Waals surface area contributed by atoms with Crippen molar-refractivity contribution in [3.05, 3.63) is 70.8 Å². The largest absolute Gasteiger partial charge is 0.489 e. The highest BCUT2D eigenvalue weighted by Crippen LogP contribution is 2.29. The third-order valence-corrected chi connectivity index (χ3v) is 5.04. The van der Waals surface area contributed by atoms with Crippen molar-refractivity contribution in [2.45, 2.75) is 6.92 Å². The van der Waals surface area contributed by atoms with E-state index in [9.17, 15) is 23.3 Å². The van der Waals surface area contributed by atoms with Gasteiger partial charge in [-0.05, 0) is 25.1 Å². The fourth-order valence-corrected chi connectivity index (χ4v) is 3.52. The number of nitro benzene ring substituents is 1. The molecule has 0 radical (unpaired) electrons. The first kappa shape index (κ1) is 21.9. The Labute approximate surface area is 168 Å². The zero-order chi connectivity index (χ0) is 21.6. The Morgan fingerprint density at radius 2 is 2.00 bits per heavy atom. The molecular formula is C19H21N3O6S. The van der Waals surface area contributed by atoms with Gasteiger partial charge in [-0.2, -0.15) is 0 Å². The first-order valence-corrected chi connectivity index (χ1v) is 10.3. The molecule has 1 amide bonds. The Hall–Kier alpha value is -3.40. The van der Waals surface area contributed by atoms with E-state index in [1.54, 1.807) is 30.3 Å². The van der Waals surface area contributed by atoms with Gasteiger partial charge in [0.05, 0.1) is 22.4 Å². The van der Waals surface area contributed by atoms with E-state index in [2.05, 4.69) is 11.9 Å². The molecule has 2 aromatic rings. The lowest BCUT2D eigenvalue weighted by atomic mass is 10.1. The topological polar surface area (TPSA) is 119 Å². The summed E-state index contributed by atoms with van der Waals surface area (Å²) in [5.74, 6) is -0.0978. The van der Waals surface area contributed by atoms with Crippen LogP contribution in [0, 0.1) is 17.0 Å². The summed E-state index contributed by atoms with van der Waals surface area (Å²) in [4.78, 5) is 23.0. The van der Waals surface area contributed by atoms with E-state index in [1.165, 1.54) is 25.1 Å². The molecule has 0 unspecified atom stereocenters. The molecule has 0 spiro atoms. The molecule has 2 aromatic carbocycles. The molecule has 0 aliphatic heterocycles. The van der Waals surface area contributed by atoms with Gasteiger partial charge in [-0.1, -0.05) is 24.8 Å². The lowest BCUT2D eigenvalue weighted by molar-refractivity contribution is -0.385. The van der Waals surface area contributed by atoms with E-state index in [0.29, 0.717) is 18.0 Å². The van der Waals surface area contributed by atoms with Crippen molar-refractivity contribution in [2.75, 3.05) is 29.0 Å². The number of ether oxygens (including phenoxy) is 1. The predicted molar refractivity (Wildman–Crippen MR) is 111 cm³/mol. The summed E-state index contributed by atoms with van der Waals surface area (Å²) in [5.41, 5.74) is 0.403. The van der Waals surface area contributed by atoms with Crippen molar-refractivity contribution in [3.63, 3.8) is 0 Å². The number of carbonyl (C=O) groups excluding carboxylic acids is 1. The van der Waals surface area contributed by atoms with Crippen LogP contribution in [0.3, 0.4) is 0 Å². The van der Waals surface area contributed by atoms with Crippen LogP contribution in [-0.4, -0.2) is 38.7 Å². The van der Waals surface area contributed by atoms with Crippen LogP contribution in [0.5, 0.6) is 5.75 Å². The van der Waals surface area contributed by atoms with E-state index < -0.39 is 27.4 Å². The summed E-state index contributed by atoms with van der Waals surface area (Å²) in [5, 5.41) is 13.8. The maximum absolute atomic E-state index is 12.5. The maximum atomic E-state index is 12.5. The quantitative estimate of drug-likeness (QED) is 0.379. The molecule has 0 fully saturated rings. The van der Waals surface area contributed by atoms with Gasteiger partial charge in [0.25, 0.3) is 5.69 Å². The molecule has 154 valence electrons. The summed E-state index contributed by atoms with van der Waals surface area (Å²) in [7, 11) is -3.88. The lowest BCUT2D eigenvalue weighted by Crippen LogP contribution is -2.38. The van der Waals surface area contributed by atoms with Crippen LogP contribution in [0.25, 0.3) is 0 Å². The highest BCUT2D eigenvalue weighted by molar-refractivity contribution is 7.92. The summed E-state index contributed by atoms with van der Waals surface area (Å²) in [6.07, 6.45) is 2.51. The van der Waals surface area contributed by atoms with Crippen molar-refractivity contribution in [1.29, 1.82) is 0 Å². The first-order valence-electron chi connectivity index (χ1n) is 8.49. The molecule has 0 aromatic heterocycles. The van der Waals surface area contributed by atoms with Gasteiger partial charge in [0.1, 0.15) is 18.9 Å². The third-order valence-electron chi connectivity index (χ3n) is 3.92. The van der Waals surface area contributed by atoms with Crippen LogP contribution in [0.4, 0.5) is 17.1 Å². The van der Waals surface area contributed by atoms with Gasteiger partial charge in [-0.3, -0.25) is 19.2 Å². The molecule has 29 heavy (non-hydrogen) atoms. The van der Waals surface area contributed by atoms with Gasteiger partial charge in [0, 0.05) is 17.8 Å². The second-order valence-corrected chi connectivity index (χ2v) is 8.03. The van der Waals surface area contributed by atoms with Crippen LogP contribution in [0.15, 0.2) is 55.1 Å². The Bertz CT molecular complexity index is 1040. The molecule has 0 atom stereocenters. The summed E-state index contributed by atoms with van der Waals surface area (Å²) in [6, 6.07) is 10.7.